The molecule has 1 unspecified atom stereocenters. The second kappa shape index (κ2) is 7.51. The zero-order chi connectivity index (χ0) is 14.3. The third-order valence-corrected chi connectivity index (χ3v) is 2.32. The van der Waals surface area contributed by atoms with Gasteiger partial charge in [-0.2, -0.15) is 0 Å². The second-order valence-electron chi connectivity index (χ2n) is 3.86. The molecule has 0 spiro atoms. The first-order valence-electron chi connectivity index (χ1n) is 6.17. The van der Waals surface area contributed by atoms with Crippen LogP contribution in [0.1, 0.15) is 30.6 Å². The number of carbonyl (C=O) groups excluding carboxylic acids is 2. The van der Waals surface area contributed by atoms with Crippen molar-refractivity contribution in [1.29, 1.82) is 0 Å². The van der Waals surface area contributed by atoms with E-state index in [0.717, 1.165) is 0 Å². The molecule has 0 aliphatic carbocycles. The number of halogens is 1. The van der Waals surface area contributed by atoms with Crippen molar-refractivity contribution in [3.8, 4) is 5.75 Å². The van der Waals surface area contributed by atoms with Gasteiger partial charge in [-0.25, -0.2) is 9.18 Å². The summed E-state index contributed by atoms with van der Waals surface area (Å²) in [5.74, 6) is -1.60. The van der Waals surface area contributed by atoms with Crippen LogP contribution in [0.4, 0.5) is 4.39 Å². The van der Waals surface area contributed by atoms with Crippen molar-refractivity contribution in [2.45, 2.75) is 26.4 Å². The van der Waals surface area contributed by atoms with Gasteiger partial charge in [-0.1, -0.05) is 19.1 Å². The topological polar surface area (TPSA) is 52.6 Å². The monoisotopic (exact) mass is 268 g/mol. The molecule has 1 rings (SSSR count). The first kappa shape index (κ1) is 15.1. The van der Waals surface area contributed by atoms with E-state index in [9.17, 15) is 14.0 Å². The van der Waals surface area contributed by atoms with Crippen LogP contribution in [0.2, 0.25) is 0 Å². The Balaban J connectivity index is 2.75. The molecule has 4 nitrogen and oxygen atoms in total. The van der Waals surface area contributed by atoms with Crippen LogP contribution < -0.4 is 4.74 Å². The van der Waals surface area contributed by atoms with Crippen molar-refractivity contribution in [3.63, 3.8) is 0 Å². The Morgan fingerprint density at radius 2 is 2.05 bits per heavy atom. The van der Waals surface area contributed by atoms with Gasteiger partial charge in [-0.15, -0.1) is 0 Å². The lowest BCUT2D eigenvalue weighted by molar-refractivity contribution is -0.147. The van der Waals surface area contributed by atoms with E-state index in [1.54, 1.807) is 26.0 Å². The number of hydrogen-bond donors (Lipinski definition) is 0. The molecule has 19 heavy (non-hydrogen) atoms. The maximum Gasteiger partial charge on any atom is 0.349 e. The maximum absolute atomic E-state index is 13.7. The Bertz CT molecular complexity index is 445. The average molecular weight is 268 g/mol. The van der Waals surface area contributed by atoms with Crippen molar-refractivity contribution in [2.24, 2.45) is 0 Å². The maximum atomic E-state index is 13.7. The SMILES string of the molecule is CCCOC(=O)C(F)C(=O)c1cccc(OCC)c1. The zero-order valence-corrected chi connectivity index (χ0v) is 11.0. The molecule has 0 aliphatic rings. The van der Waals surface area contributed by atoms with E-state index < -0.39 is 17.9 Å². The summed E-state index contributed by atoms with van der Waals surface area (Å²) in [5, 5.41) is 0. The van der Waals surface area contributed by atoms with Crippen LogP contribution >= 0.6 is 0 Å². The van der Waals surface area contributed by atoms with E-state index in [1.165, 1.54) is 12.1 Å². The number of alkyl halides is 1. The molecule has 104 valence electrons. The minimum absolute atomic E-state index is 0.0897. The highest BCUT2D eigenvalue weighted by molar-refractivity contribution is 6.11. The van der Waals surface area contributed by atoms with Crippen LogP contribution in [0.3, 0.4) is 0 Å². The van der Waals surface area contributed by atoms with Crippen molar-refractivity contribution in [3.05, 3.63) is 29.8 Å². The molecule has 0 bridgehead atoms. The summed E-state index contributed by atoms with van der Waals surface area (Å²) >= 11 is 0. The quantitative estimate of drug-likeness (QED) is 0.433. The summed E-state index contributed by atoms with van der Waals surface area (Å²) < 4.78 is 23.5. The molecule has 1 aromatic rings. The largest absolute Gasteiger partial charge is 0.494 e. The van der Waals surface area contributed by atoms with Crippen LogP contribution in [0.5, 0.6) is 5.75 Å². The highest BCUT2D eigenvalue weighted by Crippen LogP contribution is 2.16. The summed E-state index contributed by atoms with van der Waals surface area (Å²) in [7, 11) is 0. The van der Waals surface area contributed by atoms with Gasteiger partial charge in [0.05, 0.1) is 13.2 Å². The highest BCUT2D eigenvalue weighted by Gasteiger charge is 2.28. The highest BCUT2D eigenvalue weighted by atomic mass is 19.1. The molecule has 0 saturated heterocycles. The van der Waals surface area contributed by atoms with Crippen molar-refractivity contribution < 1.29 is 23.5 Å². The standard InChI is InChI=1S/C14H17FO4/c1-3-8-19-14(17)12(15)13(16)10-6-5-7-11(9-10)18-4-2/h5-7,9,12H,3-4,8H2,1-2H3. The summed E-state index contributed by atoms with van der Waals surface area (Å²) in [6, 6.07) is 6.07. The van der Waals surface area contributed by atoms with Gasteiger partial charge in [0, 0.05) is 5.56 Å². The molecule has 0 fully saturated rings. The Kier molecular flexibility index (Phi) is 5.99. The molecule has 0 amide bonds. The van der Waals surface area contributed by atoms with E-state index >= 15 is 0 Å². The molecule has 5 heteroatoms. The van der Waals surface area contributed by atoms with Crippen molar-refractivity contribution in [1.82, 2.24) is 0 Å². The first-order chi connectivity index (χ1) is 9.10. The molecular formula is C14H17FO4. The summed E-state index contributed by atoms with van der Waals surface area (Å²) in [4.78, 5) is 23.1. The van der Waals surface area contributed by atoms with Gasteiger partial charge < -0.3 is 9.47 Å². The summed E-state index contributed by atoms with van der Waals surface area (Å²) in [5.41, 5.74) is 0.0897. The molecular weight excluding hydrogens is 251 g/mol. The van der Waals surface area contributed by atoms with Gasteiger partial charge in [-0.05, 0) is 25.5 Å². The lowest BCUT2D eigenvalue weighted by Gasteiger charge is -2.09. The minimum Gasteiger partial charge on any atom is -0.494 e. The Labute approximate surface area is 111 Å². The van der Waals surface area contributed by atoms with Gasteiger partial charge >= 0.3 is 5.97 Å². The molecule has 0 heterocycles. The molecule has 0 radical (unpaired) electrons. The molecule has 1 aromatic carbocycles. The van der Waals surface area contributed by atoms with E-state index in [1.807, 2.05) is 0 Å². The van der Waals surface area contributed by atoms with Crippen LogP contribution in [0.15, 0.2) is 24.3 Å². The third-order valence-electron chi connectivity index (χ3n) is 2.32. The fourth-order valence-electron chi connectivity index (χ4n) is 1.43. The minimum atomic E-state index is -2.29. The number of ketones is 1. The Morgan fingerprint density at radius 3 is 2.68 bits per heavy atom. The van der Waals surface area contributed by atoms with Crippen molar-refractivity contribution >= 4 is 11.8 Å². The van der Waals surface area contributed by atoms with E-state index in [0.29, 0.717) is 18.8 Å². The zero-order valence-electron chi connectivity index (χ0n) is 11.0. The Morgan fingerprint density at radius 1 is 1.32 bits per heavy atom. The number of esters is 1. The smallest absolute Gasteiger partial charge is 0.349 e. The van der Waals surface area contributed by atoms with Crippen molar-refractivity contribution in [2.75, 3.05) is 13.2 Å². The lowest BCUT2D eigenvalue weighted by atomic mass is 10.1. The van der Waals surface area contributed by atoms with Gasteiger partial charge in [0.1, 0.15) is 5.75 Å². The second-order valence-corrected chi connectivity index (χ2v) is 3.86. The molecule has 0 aliphatic heterocycles. The predicted molar refractivity (Wildman–Crippen MR) is 68.1 cm³/mol. The van der Waals surface area contributed by atoms with E-state index in [-0.39, 0.29) is 12.2 Å². The number of rotatable bonds is 7. The van der Waals surface area contributed by atoms with Gasteiger partial charge in [0.25, 0.3) is 6.17 Å². The lowest BCUT2D eigenvalue weighted by Crippen LogP contribution is -2.28. The van der Waals surface area contributed by atoms with Crippen LogP contribution in [0, 0.1) is 0 Å². The molecule has 0 aromatic heterocycles. The van der Waals surface area contributed by atoms with Crippen LogP contribution in [-0.4, -0.2) is 31.1 Å². The number of ether oxygens (including phenoxy) is 2. The Hall–Kier alpha value is -1.91. The summed E-state index contributed by atoms with van der Waals surface area (Å²) in [6.45, 7) is 4.13. The average Bonchev–Trinajstić information content (AvgIpc) is 2.43. The molecule has 1 atom stereocenters. The van der Waals surface area contributed by atoms with Gasteiger partial charge in [0.15, 0.2) is 0 Å². The number of Topliss-reactive ketones (excluding diaryl/α,β-unsaturated/α-hetero) is 1. The normalized spacial score (nSPS) is 11.7. The molecule has 0 N–H and O–H groups in total. The van der Waals surface area contributed by atoms with Crippen LogP contribution in [-0.2, 0) is 9.53 Å². The predicted octanol–water partition coefficient (Wildman–Crippen LogP) is 2.56. The third kappa shape index (κ3) is 4.35. The van der Waals surface area contributed by atoms with Crippen LogP contribution in [0.25, 0.3) is 0 Å². The van der Waals surface area contributed by atoms with E-state index in [4.69, 9.17) is 4.74 Å². The first-order valence-corrected chi connectivity index (χ1v) is 6.17. The number of benzene rings is 1. The number of carbonyl (C=O) groups is 2. The molecule has 0 saturated carbocycles. The summed E-state index contributed by atoms with van der Waals surface area (Å²) in [6.07, 6.45) is -1.71. The van der Waals surface area contributed by atoms with Gasteiger partial charge in [-0.3, -0.25) is 4.79 Å². The number of hydrogen-bond acceptors (Lipinski definition) is 4. The fourth-order valence-corrected chi connectivity index (χ4v) is 1.43. The van der Waals surface area contributed by atoms with Gasteiger partial charge in [0.2, 0.25) is 5.78 Å². The fraction of sp³-hybridized carbons (Fsp3) is 0.429. The van der Waals surface area contributed by atoms with E-state index in [2.05, 4.69) is 4.74 Å².